The lowest BCUT2D eigenvalue weighted by molar-refractivity contribution is 0.405. The van der Waals surface area contributed by atoms with Crippen LogP contribution in [0.1, 0.15) is 31.7 Å². The second-order valence-corrected chi connectivity index (χ2v) is 5.10. The number of hydrogen-bond donors (Lipinski definition) is 1. The predicted molar refractivity (Wildman–Crippen MR) is 71.5 cm³/mol. The van der Waals surface area contributed by atoms with Crippen LogP contribution in [-0.4, -0.2) is 19.7 Å². The van der Waals surface area contributed by atoms with Gasteiger partial charge in [0.2, 0.25) is 0 Å². The third kappa shape index (κ3) is 4.04. The van der Waals surface area contributed by atoms with Crippen molar-refractivity contribution in [2.45, 2.75) is 38.6 Å². The first kappa shape index (κ1) is 12.4. The Bertz CT molecular complexity index is 347. The Morgan fingerprint density at radius 2 is 2.12 bits per heavy atom. The molecule has 2 nitrogen and oxygen atoms in total. The SMILES string of the molecule is COc1ccccc1CC(C)NCCC1CC1. The molecule has 0 bridgehead atoms. The van der Waals surface area contributed by atoms with Gasteiger partial charge in [-0.15, -0.1) is 0 Å². The summed E-state index contributed by atoms with van der Waals surface area (Å²) >= 11 is 0. The Morgan fingerprint density at radius 1 is 1.35 bits per heavy atom. The number of ether oxygens (including phenoxy) is 1. The van der Waals surface area contributed by atoms with E-state index in [-0.39, 0.29) is 0 Å². The van der Waals surface area contributed by atoms with Gasteiger partial charge in [-0.1, -0.05) is 31.0 Å². The van der Waals surface area contributed by atoms with Crippen molar-refractivity contribution >= 4 is 0 Å². The maximum atomic E-state index is 5.37. The van der Waals surface area contributed by atoms with Crippen LogP contribution in [0.4, 0.5) is 0 Å². The van der Waals surface area contributed by atoms with Gasteiger partial charge < -0.3 is 10.1 Å². The first-order chi connectivity index (χ1) is 8.29. The molecule has 1 aliphatic rings. The molecule has 1 N–H and O–H groups in total. The van der Waals surface area contributed by atoms with E-state index in [0.717, 1.165) is 24.6 Å². The molecule has 0 saturated heterocycles. The van der Waals surface area contributed by atoms with Gasteiger partial charge >= 0.3 is 0 Å². The molecule has 2 rings (SSSR count). The number of hydrogen-bond acceptors (Lipinski definition) is 2. The van der Waals surface area contributed by atoms with Crippen LogP contribution < -0.4 is 10.1 Å². The highest BCUT2D eigenvalue weighted by atomic mass is 16.5. The molecule has 2 heteroatoms. The van der Waals surface area contributed by atoms with Crippen LogP contribution in [0.15, 0.2) is 24.3 Å². The van der Waals surface area contributed by atoms with Crippen molar-refractivity contribution in [1.82, 2.24) is 5.32 Å². The highest BCUT2D eigenvalue weighted by Gasteiger charge is 2.20. The lowest BCUT2D eigenvalue weighted by Gasteiger charge is -2.15. The summed E-state index contributed by atoms with van der Waals surface area (Å²) in [6, 6.07) is 8.80. The third-order valence-electron chi connectivity index (χ3n) is 3.46. The predicted octanol–water partition coefficient (Wildman–Crippen LogP) is 3.02. The quantitative estimate of drug-likeness (QED) is 0.781. The van der Waals surface area contributed by atoms with Gasteiger partial charge in [0.05, 0.1) is 7.11 Å². The van der Waals surface area contributed by atoms with Gasteiger partial charge in [0.1, 0.15) is 5.75 Å². The molecule has 1 aliphatic carbocycles. The van der Waals surface area contributed by atoms with Crippen molar-refractivity contribution in [1.29, 1.82) is 0 Å². The second-order valence-electron chi connectivity index (χ2n) is 5.10. The van der Waals surface area contributed by atoms with Crippen LogP contribution in [0, 0.1) is 5.92 Å². The molecule has 94 valence electrons. The van der Waals surface area contributed by atoms with E-state index in [1.807, 2.05) is 12.1 Å². The fourth-order valence-corrected chi connectivity index (χ4v) is 2.21. The van der Waals surface area contributed by atoms with Crippen LogP contribution in [0.3, 0.4) is 0 Å². The summed E-state index contributed by atoms with van der Waals surface area (Å²) in [5.74, 6) is 2.02. The Labute approximate surface area is 104 Å². The van der Waals surface area contributed by atoms with E-state index in [1.165, 1.54) is 24.8 Å². The van der Waals surface area contributed by atoms with Gasteiger partial charge in [-0.3, -0.25) is 0 Å². The zero-order valence-electron chi connectivity index (χ0n) is 10.9. The van der Waals surface area contributed by atoms with Gasteiger partial charge in [0.25, 0.3) is 0 Å². The third-order valence-corrected chi connectivity index (χ3v) is 3.46. The van der Waals surface area contributed by atoms with Gasteiger partial charge in [-0.05, 0) is 43.9 Å². The van der Waals surface area contributed by atoms with Crippen molar-refractivity contribution in [3.05, 3.63) is 29.8 Å². The Hall–Kier alpha value is -1.02. The lowest BCUT2D eigenvalue weighted by atomic mass is 10.1. The average molecular weight is 233 g/mol. The summed E-state index contributed by atoms with van der Waals surface area (Å²) in [5.41, 5.74) is 1.29. The summed E-state index contributed by atoms with van der Waals surface area (Å²) in [7, 11) is 1.74. The smallest absolute Gasteiger partial charge is 0.122 e. The van der Waals surface area contributed by atoms with E-state index in [2.05, 4.69) is 24.4 Å². The molecular formula is C15H23NO. The summed E-state index contributed by atoms with van der Waals surface area (Å²) in [5, 5.41) is 3.60. The first-order valence-corrected chi connectivity index (χ1v) is 6.65. The van der Waals surface area contributed by atoms with E-state index < -0.39 is 0 Å². The highest BCUT2D eigenvalue weighted by molar-refractivity contribution is 5.33. The van der Waals surface area contributed by atoms with E-state index >= 15 is 0 Å². The fraction of sp³-hybridized carbons (Fsp3) is 0.600. The molecule has 1 aromatic carbocycles. The van der Waals surface area contributed by atoms with Crippen LogP contribution in [0.2, 0.25) is 0 Å². The monoisotopic (exact) mass is 233 g/mol. The van der Waals surface area contributed by atoms with Crippen LogP contribution >= 0.6 is 0 Å². The zero-order valence-corrected chi connectivity index (χ0v) is 10.9. The molecule has 0 aliphatic heterocycles. The normalized spacial score (nSPS) is 16.8. The van der Waals surface area contributed by atoms with Crippen LogP contribution in [0.5, 0.6) is 5.75 Å². The Kier molecular flexibility index (Phi) is 4.43. The van der Waals surface area contributed by atoms with Crippen molar-refractivity contribution < 1.29 is 4.74 Å². The zero-order chi connectivity index (χ0) is 12.1. The molecule has 1 unspecified atom stereocenters. The van der Waals surface area contributed by atoms with Gasteiger partial charge in [0.15, 0.2) is 0 Å². The second kappa shape index (κ2) is 6.06. The van der Waals surface area contributed by atoms with Crippen molar-refractivity contribution in [3.8, 4) is 5.75 Å². The lowest BCUT2D eigenvalue weighted by Crippen LogP contribution is -2.29. The van der Waals surface area contributed by atoms with Crippen LogP contribution in [-0.2, 0) is 6.42 Å². The molecule has 0 spiro atoms. The van der Waals surface area contributed by atoms with Gasteiger partial charge in [-0.2, -0.15) is 0 Å². The number of rotatable bonds is 7. The number of nitrogens with one attached hydrogen (secondary N) is 1. The maximum absolute atomic E-state index is 5.37. The Morgan fingerprint density at radius 3 is 2.82 bits per heavy atom. The molecule has 0 radical (unpaired) electrons. The van der Waals surface area contributed by atoms with E-state index in [4.69, 9.17) is 4.74 Å². The molecule has 1 saturated carbocycles. The molecular weight excluding hydrogens is 210 g/mol. The molecule has 17 heavy (non-hydrogen) atoms. The Balaban J connectivity index is 1.77. The summed E-state index contributed by atoms with van der Waals surface area (Å²) in [6.45, 7) is 3.40. The molecule has 0 amide bonds. The minimum atomic E-state index is 0.519. The maximum Gasteiger partial charge on any atom is 0.122 e. The largest absolute Gasteiger partial charge is 0.496 e. The van der Waals surface area contributed by atoms with E-state index in [1.54, 1.807) is 7.11 Å². The first-order valence-electron chi connectivity index (χ1n) is 6.65. The standard InChI is InChI=1S/C15H23NO/c1-12(16-10-9-13-7-8-13)11-14-5-3-4-6-15(14)17-2/h3-6,12-13,16H,7-11H2,1-2H3. The summed E-state index contributed by atoms with van der Waals surface area (Å²) in [6.07, 6.45) is 5.27. The minimum Gasteiger partial charge on any atom is -0.496 e. The molecule has 1 atom stereocenters. The van der Waals surface area contributed by atoms with Crippen molar-refractivity contribution in [2.75, 3.05) is 13.7 Å². The highest BCUT2D eigenvalue weighted by Crippen LogP contribution is 2.31. The number of benzene rings is 1. The average Bonchev–Trinajstić information content (AvgIpc) is 3.14. The molecule has 1 aromatic rings. The van der Waals surface area contributed by atoms with Crippen LogP contribution in [0.25, 0.3) is 0 Å². The number of para-hydroxylation sites is 1. The molecule has 0 aromatic heterocycles. The van der Waals surface area contributed by atoms with Crippen molar-refractivity contribution in [3.63, 3.8) is 0 Å². The summed E-state index contributed by atoms with van der Waals surface area (Å²) in [4.78, 5) is 0. The summed E-state index contributed by atoms with van der Waals surface area (Å²) < 4.78 is 5.37. The molecule has 0 heterocycles. The minimum absolute atomic E-state index is 0.519. The fourth-order valence-electron chi connectivity index (χ4n) is 2.21. The molecule has 1 fully saturated rings. The van der Waals surface area contributed by atoms with Gasteiger partial charge in [-0.25, -0.2) is 0 Å². The number of methoxy groups -OCH3 is 1. The van der Waals surface area contributed by atoms with E-state index in [9.17, 15) is 0 Å². The topological polar surface area (TPSA) is 21.3 Å². The van der Waals surface area contributed by atoms with E-state index in [0.29, 0.717) is 6.04 Å². The van der Waals surface area contributed by atoms with Crippen molar-refractivity contribution in [2.24, 2.45) is 5.92 Å². The van der Waals surface area contributed by atoms with Gasteiger partial charge in [0, 0.05) is 6.04 Å².